The van der Waals surface area contributed by atoms with Crippen LogP contribution in [-0.4, -0.2) is 11.8 Å². The van der Waals surface area contributed by atoms with E-state index < -0.39 is 0 Å². The number of nitrogens with zero attached hydrogens (tertiary/aromatic N) is 1. The molecule has 0 spiro atoms. The fraction of sp³-hybridized carbons (Fsp3) is 0.154. The lowest BCUT2D eigenvalue weighted by Crippen LogP contribution is -2.32. The van der Waals surface area contributed by atoms with Crippen molar-refractivity contribution in [2.24, 2.45) is 0 Å². The Hall–Kier alpha value is -3.02. The van der Waals surface area contributed by atoms with Gasteiger partial charge in [0.15, 0.2) is 0 Å². The van der Waals surface area contributed by atoms with Crippen molar-refractivity contribution in [1.29, 1.82) is 0 Å². The van der Waals surface area contributed by atoms with Gasteiger partial charge in [-0.25, -0.2) is 4.90 Å². The molecule has 2 amide bonds. The molecule has 3 aromatic carbocycles. The largest absolute Gasteiger partial charge is 0.350 e. The summed E-state index contributed by atoms with van der Waals surface area (Å²) in [7, 11) is 0. The van der Waals surface area contributed by atoms with Crippen LogP contribution in [0, 0.1) is 6.92 Å². The van der Waals surface area contributed by atoms with Gasteiger partial charge in [-0.05, 0) is 66.9 Å². The van der Waals surface area contributed by atoms with Crippen molar-refractivity contribution >= 4 is 46.6 Å². The van der Waals surface area contributed by atoms with Crippen LogP contribution in [0.5, 0.6) is 0 Å². The summed E-state index contributed by atoms with van der Waals surface area (Å²) in [6.07, 6.45) is 0. The molecule has 0 fully saturated rings. The Labute approximate surface area is 197 Å². The van der Waals surface area contributed by atoms with Gasteiger partial charge in [0.2, 0.25) is 0 Å². The first-order chi connectivity index (χ1) is 15.3. The minimum Gasteiger partial charge on any atom is -0.350 e. The number of anilines is 2. The standard InChI is InChI=1S/C26H23ClN2O2S/c1-16(2)18-6-10-20(11-7-18)28-23-24(32-22-14-4-17(3)5-15-22)26(31)29(25(23)30)21-12-8-19(27)9-13-21/h4-16,28H,1-3H3. The van der Waals surface area contributed by atoms with Crippen LogP contribution in [0.15, 0.2) is 88.3 Å². The first-order valence-electron chi connectivity index (χ1n) is 10.3. The van der Waals surface area contributed by atoms with Gasteiger partial charge in [0.1, 0.15) is 10.6 Å². The van der Waals surface area contributed by atoms with Gasteiger partial charge in [-0.1, -0.05) is 67.0 Å². The van der Waals surface area contributed by atoms with Crippen molar-refractivity contribution in [1.82, 2.24) is 0 Å². The zero-order valence-electron chi connectivity index (χ0n) is 18.1. The van der Waals surface area contributed by atoms with Crippen molar-refractivity contribution in [2.45, 2.75) is 31.6 Å². The maximum Gasteiger partial charge on any atom is 0.283 e. The average Bonchev–Trinajstić information content (AvgIpc) is 3.00. The quantitative estimate of drug-likeness (QED) is 0.411. The molecule has 162 valence electrons. The fourth-order valence-electron chi connectivity index (χ4n) is 3.36. The molecule has 4 nitrogen and oxygen atoms in total. The molecule has 0 aromatic heterocycles. The van der Waals surface area contributed by atoms with Crippen LogP contribution in [0.4, 0.5) is 11.4 Å². The normalized spacial score (nSPS) is 14.0. The summed E-state index contributed by atoms with van der Waals surface area (Å²) in [5.74, 6) is -0.338. The summed E-state index contributed by atoms with van der Waals surface area (Å²) >= 11 is 7.28. The number of benzene rings is 3. The molecule has 3 aromatic rings. The molecule has 0 bridgehead atoms. The minimum atomic E-state index is -0.389. The van der Waals surface area contributed by atoms with E-state index in [1.807, 2.05) is 55.5 Å². The third-order valence-electron chi connectivity index (χ3n) is 5.21. The number of nitrogens with one attached hydrogen (secondary N) is 1. The second-order valence-corrected chi connectivity index (χ2v) is 9.46. The molecule has 1 heterocycles. The summed E-state index contributed by atoms with van der Waals surface area (Å²) in [6.45, 7) is 6.27. The van der Waals surface area contributed by atoms with Crippen molar-refractivity contribution in [3.05, 3.63) is 99.5 Å². The Balaban J connectivity index is 1.71. The lowest BCUT2D eigenvalue weighted by atomic mass is 10.0. The average molecular weight is 463 g/mol. The van der Waals surface area contributed by atoms with Gasteiger partial charge in [0, 0.05) is 15.6 Å². The maximum atomic E-state index is 13.4. The second kappa shape index (κ2) is 9.23. The molecule has 0 radical (unpaired) electrons. The monoisotopic (exact) mass is 462 g/mol. The van der Waals surface area contributed by atoms with Gasteiger partial charge in [0.05, 0.1) is 5.69 Å². The zero-order chi connectivity index (χ0) is 22.8. The van der Waals surface area contributed by atoms with Crippen LogP contribution in [0.25, 0.3) is 0 Å². The molecule has 0 atom stereocenters. The third kappa shape index (κ3) is 4.59. The number of rotatable bonds is 6. The smallest absolute Gasteiger partial charge is 0.283 e. The number of halogens is 1. The van der Waals surface area contributed by atoms with Crippen LogP contribution in [0.3, 0.4) is 0 Å². The highest BCUT2D eigenvalue weighted by molar-refractivity contribution is 8.04. The second-order valence-electron chi connectivity index (χ2n) is 7.94. The van der Waals surface area contributed by atoms with Crippen molar-refractivity contribution in [2.75, 3.05) is 10.2 Å². The fourth-order valence-corrected chi connectivity index (χ4v) is 4.41. The highest BCUT2D eigenvalue weighted by Crippen LogP contribution is 2.38. The van der Waals surface area contributed by atoms with Crippen LogP contribution in [0.1, 0.15) is 30.9 Å². The van der Waals surface area contributed by atoms with E-state index in [-0.39, 0.29) is 17.5 Å². The van der Waals surface area contributed by atoms with Gasteiger partial charge in [-0.3, -0.25) is 9.59 Å². The lowest BCUT2D eigenvalue weighted by Gasteiger charge is -2.15. The molecule has 1 aliphatic rings. The predicted octanol–water partition coefficient (Wildman–Crippen LogP) is 6.76. The van der Waals surface area contributed by atoms with E-state index in [9.17, 15) is 9.59 Å². The Morgan fingerprint density at radius 1 is 0.844 bits per heavy atom. The number of imide groups is 1. The summed E-state index contributed by atoms with van der Waals surface area (Å²) in [6, 6.07) is 22.5. The topological polar surface area (TPSA) is 49.4 Å². The van der Waals surface area contributed by atoms with Crippen molar-refractivity contribution < 1.29 is 9.59 Å². The van der Waals surface area contributed by atoms with E-state index in [0.29, 0.717) is 21.5 Å². The zero-order valence-corrected chi connectivity index (χ0v) is 19.6. The first-order valence-corrected chi connectivity index (χ1v) is 11.5. The van der Waals surface area contributed by atoms with Crippen molar-refractivity contribution in [3.63, 3.8) is 0 Å². The number of thioether (sulfide) groups is 1. The summed E-state index contributed by atoms with van der Waals surface area (Å²) in [5.41, 5.74) is 3.84. The molecule has 32 heavy (non-hydrogen) atoms. The molecule has 1 N–H and O–H groups in total. The number of hydrogen-bond acceptors (Lipinski definition) is 4. The molecule has 4 rings (SSSR count). The molecule has 6 heteroatoms. The molecule has 0 unspecified atom stereocenters. The highest BCUT2D eigenvalue weighted by Gasteiger charge is 2.40. The van der Waals surface area contributed by atoms with Gasteiger partial charge < -0.3 is 5.32 Å². The van der Waals surface area contributed by atoms with Gasteiger partial charge in [0.25, 0.3) is 11.8 Å². The Bertz CT molecular complexity index is 1180. The van der Waals surface area contributed by atoms with E-state index in [4.69, 9.17) is 11.6 Å². The van der Waals surface area contributed by atoms with Gasteiger partial charge in [-0.15, -0.1) is 0 Å². The summed E-state index contributed by atoms with van der Waals surface area (Å²) in [5, 5.41) is 3.74. The van der Waals surface area contributed by atoms with Crippen LogP contribution in [0.2, 0.25) is 5.02 Å². The molecular weight excluding hydrogens is 440 g/mol. The number of carbonyl (C=O) groups is 2. The third-order valence-corrected chi connectivity index (χ3v) is 6.56. The Kier molecular flexibility index (Phi) is 6.40. The summed E-state index contributed by atoms with van der Waals surface area (Å²) < 4.78 is 0. The van der Waals surface area contributed by atoms with E-state index in [0.717, 1.165) is 16.1 Å². The minimum absolute atomic E-state index is 0.271. The van der Waals surface area contributed by atoms with Crippen LogP contribution in [-0.2, 0) is 9.59 Å². The van der Waals surface area contributed by atoms with Gasteiger partial charge >= 0.3 is 0 Å². The van der Waals surface area contributed by atoms with E-state index in [1.165, 1.54) is 22.2 Å². The molecule has 0 saturated heterocycles. The highest BCUT2D eigenvalue weighted by atomic mass is 35.5. The number of aryl methyl sites for hydroxylation is 1. The molecule has 0 saturated carbocycles. The molecular formula is C26H23ClN2O2S. The number of amides is 2. The van der Waals surface area contributed by atoms with Crippen LogP contribution < -0.4 is 10.2 Å². The summed E-state index contributed by atoms with van der Waals surface area (Å²) in [4.78, 5) is 29.2. The first kappa shape index (κ1) is 22.2. The molecule has 0 aliphatic carbocycles. The van der Waals surface area contributed by atoms with Gasteiger partial charge in [-0.2, -0.15) is 0 Å². The molecule has 1 aliphatic heterocycles. The maximum absolute atomic E-state index is 13.4. The Morgan fingerprint density at radius 3 is 2.06 bits per heavy atom. The van der Waals surface area contributed by atoms with Crippen LogP contribution >= 0.6 is 23.4 Å². The lowest BCUT2D eigenvalue weighted by molar-refractivity contribution is -0.120. The van der Waals surface area contributed by atoms with E-state index in [2.05, 4.69) is 19.2 Å². The number of hydrogen-bond donors (Lipinski definition) is 1. The SMILES string of the molecule is Cc1ccc(SC2=C(Nc3ccc(C(C)C)cc3)C(=O)N(c3ccc(Cl)cc3)C2=O)cc1. The number of carbonyl (C=O) groups excluding carboxylic acids is 2. The predicted molar refractivity (Wildman–Crippen MR) is 132 cm³/mol. The van der Waals surface area contributed by atoms with E-state index >= 15 is 0 Å². The van der Waals surface area contributed by atoms with E-state index in [1.54, 1.807) is 24.3 Å². The van der Waals surface area contributed by atoms with Crippen molar-refractivity contribution in [3.8, 4) is 0 Å². The Morgan fingerprint density at radius 2 is 1.47 bits per heavy atom.